The Morgan fingerprint density at radius 1 is 0.964 bits per heavy atom. The van der Waals surface area contributed by atoms with Gasteiger partial charge in [0.05, 0.1) is 0 Å². The van der Waals surface area contributed by atoms with Crippen molar-refractivity contribution in [3.05, 3.63) is 23.8 Å². The highest BCUT2D eigenvalue weighted by atomic mass is 16.1. The van der Waals surface area contributed by atoms with Gasteiger partial charge >= 0.3 is 0 Å². The van der Waals surface area contributed by atoms with Gasteiger partial charge in [0.1, 0.15) is 11.6 Å². The third kappa shape index (κ3) is 27.0. The Bertz CT molecular complexity index is 417. The van der Waals surface area contributed by atoms with E-state index in [2.05, 4.69) is 37.7 Å². The van der Waals surface area contributed by atoms with Gasteiger partial charge in [0, 0.05) is 24.2 Å². The summed E-state index contributed by atoms with van der Waals surface area (Å²) in [5.74, 6) is 2.42. The van der Waals surface area contributed by atoms with Gasteiger partial charge in [0.2, 0.25) is 0 Å². The molecule has 168 valence electrons. The summed E-state index contributed by atoms with van der Waals surface area (Å²) in [6.07, 6.45) is 8.33. The van der Waals surface area contributed by atoms with Crippen molar-refractivity contribution in [1.29, 1.82) is 0 Å². The van der Waals surface area contributed by atoms with Gasteiger partial charge in [-0.1, -0.05) is 89.0 Å². The molecule has 1 aromatic heterocycles. The Morgan fingerprint density at radius 3 is 1.75 bits per heavy atom. The molecule has 0 saturated heterocycles. The van der Waals surface area contributed by atoms with E-state index in [-0.39, 0.29) is 5.92 Å². The van der Waals surface area contributed by atoms with Gasteiger partial charge in [-0.05, 0) is 38.2 Å². The summed E-state index contributed by atoms with van der Waals surface area (Å²) in [4.78, 5) is 19.1. The Hall–Kier alpha value is -1.25. The van der Waals surface area contributed by atoms with E-state index in [0.29, 0.717) is 12.2 Å². The molecule has 1 rings (SSSR count). The predicted molar refractivity (Wildman–Crippen MR) is 128 cm³/mol. The number of aryl methyl sites for hydroxylation is 2. The first-order valence-corrected chi connectivity index (χ1v) is 11.6. The van der Waals surface area contributed by atoms with Crippen LogP contribution in [-0.2, 0) is 11.2 Å². The summed E-state index contributed by atoms with van der Waals surface area (Å²) in [7, 11) is 0. The molecule has 28 heavy (non-hydrogen) atoms. The Balaban J connectivity index is -0.000000150. The minimum Gasteiger partial charge on any atom is -0.299 e. The number of Topliss-reactive ketones (excluding diaryl/α,β-unsaturated/α-hetero) is 1. The van der Waals surface area contributed by atoms with E-state index >= 15 is 0 Å². The summed E-state index contributed by atoms with van der Waals surface area (Å²) in [6.45, 7) is 24.7. The summed E-state index contributed by atoms with van der Waals surface area (Å²) in [5.41, 5.74) is 1.17. The van der Waals surface area contributed by atoms with Crippen LogP contribution in [0.4, 0.5) is 0 Å². The molecule has 0 N–H and O–H groups in total. The topological polar surface area (TPSA) is 42.9 Å². The summed E-state index contributed by atoms with van der Waals surface area (Å²) < 4.78 is 0. The summed E-state index contributed by atoms with van der Waals surface area (Å²) >= 11 is 0. The molecular formula is C25H52N2O. The Kier molecular flexibility index (Phi) is 34.2. The number of hydrogen-bond acceptors (Lipinski definition) is 3. The highest BCUT2D eigenvalue weighted by Gasteiger charge is 2.05. The zero-order chi connectivity index (χ0) is 23.0. The number of rotatable bonds is 7. The van der Waals surface area contributed by atoms with Crippen molar-refractivity contribution < 1.29 is 4.79 Å². The van der Waals surface area contributed by atoms with Crippen molar-refractivity contribution in [2.24, 2.45) is 11.8 Å². The SMILES string of the molecule is CC.CC.CCC(=O)C(C)CC.CCC(C)C.CCCCc1ccnc(C)n1. The zero-order valence-corrected chi connectivity index (χ0v) is 21.4. The molecular weight excluding hydrogens is 344 g/mol. The van der Waals surface area contributed by atoms with Gasteiger partial charge in [-0.25, -0.2) is 9.97 Å². The molecule has 0 fully saturated rings. The minimum absolute atomic E-state index is 0.278. The van der Waals surface area contributed by atoms with Crippen LogP contribution in [0.3, 0.4) is 0 Å². The molecule has 0 aliphatic heterocycles. The van der Waals surface area contributed by atoms with E-state index in [0.717, 1.165) is 24.6 Å². The highest BCUT2D eigenvalue weighted by molar-refractivity contribution is 5.80. The van der Waals surface area contributed by atoms with E-state index in [1.54, 1.807) is 0 Å². The molecule has 0 bridgehead atoms. The molecule has 1 unspecified atom stereocenters. The van der Waals surface area contributed by atoms with Crippen LogP contribution in [0.1, 0.15) is 120 Å². The number of unbranched alkanes of at least 4 members (excludes halogenated alkanes) is 1. The molecule has 3 nitrogen and oxygen atoms in total. The Labute approximate surface area is 178 Å². The van der Waals surface area contributed by atoms with E-state index in [9.17, 15) is 4.79 Å². The fourth-order valence-corrected chi connectivity index (χ4v) is 1.58. The lowest BCUT2D eigenvalue weighted by Crippen LogP contribution is -2.06. The minimum atomic E-state index is 0.278. The molecule has 0 amide bonds. The first kappa shape index (κ1) is 34.3. The van der Waals surface area contributed by atoms with Gasteiger partial charge in [-0.3, -0.25) is 4.79 Å². The first-order valence-electron chi connectivity index (χ1n) is 11.6. The normalized spacial score (nSPS) is 9.89. The molecule has 0 aliphatic carbocycles. The number of carbonyl (C=O) groups is 1. The summed E-state index contributed by atoms with van der Waals surface area (Å²) in [6, 6.07) is 1.99. The number of nitrogens with zero attached hydrogens (tertiary/aromatic N) is 2. The van der Waals surface area contributed by atoms with Crippen LogP contribution in [0.5, 0.6) is 0 Å². The molecule has 3 heteroatoms. The van der Waals surface area contributed by atoms with Crippen molar-refractivity contribution in [1.82, 2.24) is 9.97 Å². The van der Waals surface area contributed by atoms with Crippen molar-refractivity contribution in [3.63, 3.8) is 0 Å². The standard InChI is InChI=1S/C9H14N2.C7H14O.C5H12.2C2H6/c1-3-4-5-9-6-7-10-8(2)11-9;1-4-6(3)7(8)5-2;1-4-5(2)3;2*1-2/h6-7H,3-5H2,1-2H3;6H,4-5H2,1-3H3;5H,4H2,1-3H3;2*1-2H3. The summed E-state index contributed by atoms with van der Waals surface area (Å²) in [5, 5.41) is 0. The third-order valence-corrected chi connectivity index (χ3v) is 3.95. The third-order valence-electron chi connectivity index (χ3n) is 3.95. The van der Waals surface area contributed by atoms with E-state index < -0.39 is 0 Å². The van der Waals surface area contributed by atoms with Gasteiger partial charge in [0.15, 0.2) is 0 Å². The van der Waals surface area contributed by atoms with Gasteiger partial charge in [-0.2, -0.15) is 0 Å². The molecule has 0 spiro atoms. The van der Waals surface area contributed by atoms with E-state index in [1.807, 2.05) is 67.7 Å². The second kappa shape index (κ2) is 28.0. The molecule has 0 saturated carbocycles. The lowest BCUT2D eigenvalue weighted by Gasteiger charge is -2.02. The fourth-order valence-electron chi connectivity index (χ4n) is 1.58. The maximum atomic E-state index is 10.7. The number of carbonyl (C=O) groups excluding carboxylic acids is 1. The lowest BCUT2D eigenvalue weighted by molar-refractivity contribution is -0.122. The lowest BCUT2D eigenvalue weighted by atomic mass is 10.0. The molecule has 0 aromatic carbocycles. The van der Waals surface area contributed by atoms with Crippen LogP contribution >= 0.6 is 0 Å². The van der Waals surface area contributed by atoms with Crippen LogP contribution in [-0.4, -0.2) is 15.8 Å². The van der Waals surface area contributed by atoms with Gasteiger partial charge < -0.3 is 0 Å². The number of hydrogen-bond donors (Lipinski definition) is 0. The fraction of sp³-hybridized carbons (Fsp3) is 0.800. The largest absolute Gasteiger partial charge is 0.299 e. The second-order valence-electron chi connectivity index (χ2n) is 6.63. The van der Waals surface area contributed by atoms with Crippen LogP contribution in [0.2, 0.25) is 0 Å². The van der Waals surface area contributed by atoms with Crippen LogP contribution < -0.4 is 0 Å². The predicted octanol–water partition coefficient (Wildman–Crippen LogP) is 8.24. The Morgan fingerprint density at radius 2 is 1.46 bits per heavy atom. The van der Waals surface area contributed by atoms with Crippen molar-refractivity contribution in [3.8, 4) is 0 Å². The number of ketones is 1. The zero-order valence-electron chi connectivity index (χ0n) is 21.4. The molecule has 0 aliphatic rings. The van der Waals surface area contributed by atoms with Crippen LogP contribution in [0.25, 0.3) is 0 Å². The van der Waals surface area contributed by atoms with Crippen molar-refractivity contribution >= 4 is 5.78 Å². The molecule has 1 heterocycles. The molecule has 1 aromatic rings. The van der Waals surface area contributed by atoms with Crippen molar-refractivity contribution in [2.75, 3.05) is 0 Å². The van der Waals surface area contributed by atoms with Gasteiger partial charge in [-0.15, -0.1) is 0 Å². The van der Waals surface area contributed by atoms with Crippen LogP contribution in [0, 0.1) is 18.8 Å². The van der Waals surface area contributed by atoms with Gasteiger partial charge in [0.25, 0.3) is 0 Å². The molecule has 1 atom stereocenters. The maximum Gasteiger partial charge on any atom is 0.135 e. The van der Waals surface area contributed by atoms with Crippen LogP contribution in [0.15, 0.2) is 12.3 Å². The second-order valence-corrected chi connectivity index (χ2v) is 6.63. The molecule has 0 radical (unpaired) electrons. The number of aromatic nitrogens is 2. The first-order chi connectivity index (χ1) is 13.3. The quantitative estimate of drug-likeness (QED) is 0.466. The average Bonchev–Trinajstić information content (AvgIpc) is 2.74. The smallest absolute Gasteiger partial charge is 0.135 e. The van der Waals surface area contributed by atoms with E-state index in [4.69, 9.17) is 0 Å². The monoisotopic (exact) mass is 396 g/mol. The van der Waals surface area contributed by atoms with E-state index in [1.165, 1.54) is 25.0 Å². The highest BCUT2D eigenvalue weighted by Crippen LogP contribution is 2.03. The maximum absolute atomic E-state index is 10.7. The van der Waals surface area contributed by atoms with Crippen molar-refractivity contribution in [2.45, 2.75) is 122 Å². The average molecular weight is 397 g/mol.